The van der Waals surface area contributed by atoms with Crippen LogP contribution in [-0.2, 0) is 0 Å². The molecule has 0 aromatic carbocycles. The molecule has 0 aliphatic heterocycles. The molecule has 2 heterocycles. The summed E-state index contributed by atoms with van der Waals surface area (Å²) in [5.74, 6) is 0.445. The fourth-order valence-electron chi connectivity index (χ4n) is 1.45. The van der Waals surface area contributed by atoms with Crippen molar-refractivity contribution in [3.8, 4) is 6.07 Å². The molecule has 2 aromatic rings. The maximum absolute atomic E-state index is 8.82. The lowest BCUT2D eigenvalue weighted by Crippen LogP contribution is -2.03. The molecule has 0 amide bonds. The summed E-state index contributed by atoms with van der Waals surface area (Å²) in [5, 5.41) is 13.6. The maximum Gasteiger partial charge on any atom is 0.176 e. The van der Waals surface area contributed by atoms with Gasteiger partial charge in [0.1, 0.15) is 22.5 Å². The van der Waals surface area contributed by atoms with Crippen LogP contribution in [0.5, 0.6) is 0 Å². The van der Waals surface area contributed by atoms with Gasteiger partial charge in [-0.2, -0.15) is 14.9 Å². The van der Waals surface area contributed by atoms with Crippen molar-refractivity contribution < 1.29 is 0 Å². The van der Waals surface area contributed by atoms with Gasteiger partial charge in [0, 0.05) is 0 Å². The molecule has 0 aliphatic carbocycles. The number of hydrogen-bond acceptors (Lipinski definition) is 4. The van der Waals surface area contributed by atoms with Crippen LogP contribution in [0.1, 0.15) is 31.0 Å². The number of aromatic nitrogens is 3. The number of nitriles is 1. The SMILES string of the molecule is CC(C)c1nn2c(N)c(C#N)cnc2c1Cl. The normalized spacial score (nSPS) is 10.9. The van der Waals surface area contributed by atoms with Crippen molar-refractivity contribution in [1.29, 1.82) is 5.26 Å². The molecule has 2 rings (SSSR count). The smallest absolute Gasteiger partial charge is 0.176 e. The van der Waals surface area contributed by atoms with Gasteiger partial charge in [-0.05, 0) is 5.92 Å². The summed E-state index contributed by atoms with van der Waals surface area (Å²) in [4.78, 5) is 4.08. The van der Waals surface area contributed by atoms with Gasteiger partial charge < -0.3 is 5.73 Å². The van der Waals surface area contributed by atoms with E-state index in [1.807, 2.05) is 19.9 Å². The maximum atomic E-state index is 8.82. The van der Waals surface area contributed by atoms with Gasteiger partial charge in [0.05, 0.1) is 11.9 Å². The first-order valence-corrected chi connectivity index (χ1v) is 5.16. The summed E-state index contributed by atoms with van der Waals surface area (Å²) in [6, 6.07) is 1.95. The van der Waals surface area contributed by atoms with E-state index in [-0.39, 0.29) is 11.7 Å². The molecular formula is C10H10ClN5. The second-order valence-corrected chi connectivity index (χ2v) is 4.14. The summed E-state index contributed by atoms with van der Waals surface area (Å²) in [6.45, 7) is 3.96. The van der Waals surface area contributed by atoms with E-state index in [2.05, 4.69) is 10.1 Å². The van der Waals surface area contributed by atoms with Crippen LogP contribution in [0, 0.1) is 11.3 Å². The first kappa shape index (κ1) is 10.7. The molecule has 0 atom stereocenters. The second kappa shape index (κ2) is 3.65. The Hall–Kier alpha value is -1.80. The number of nitrogens with zero attached hydrogens (tertiary/aromatic N) is 4. The number of fused-ring (bicyclic) bond motifs is 1. The molecule has 0 spiro atoms. The Kier molecular flexibility index (Phi) is 2.44. The highest BCUT2D eigenvalue weighted by atomic mass is 35.5. The van der Waals surface area contributed by atoms with Crippen LogP contribution >= 0.6 is 11.6 Å². The zero-order chi connectivity index (χ0) is 11.9. The van der Waals surface area contributed by atoms with Crippen LogP contribution in [0.15, 0.2) is 6.20 Å². The highest BCUT2D eigenvalue weighted by Crippen LogP contribution is 2.28. The van der Waals surface area contributed by atoms with Crippen LogP contribution < -0.4 is 5.73 Å². The summed E-state index contributed by atoms with van der Waals surface area (Å²) in [5.41, 5.74) is 7.30. The van der Waals surface area contributed by atoms with Crippen molar-refractivity contribution >= 4 is 23.1 Å². The number of nitrogens with two attached hydrogens (primary N) is 1. The molecule has 2 aromatic heterocycles. The van der Waals surface area contributed by atoms with Crippen molar-refractivity contribution in [1.82, 2.24) is 14.6 Å². The van der Waals surface area contributed by atoms with Gasteiger partial charge in [0.25, 0.3) is 0 Å². The predicted molar refractivity (Wildman–Crippen MR) is 61.2 cm³/mol. The van der Waals surface area contributed by atoms with Crippen molar-refractivity contribution in [2.24, 2.45) is 0 Å². The highest BCUT2D eigenvalue weighted by Gasteiger charge is 2.17. The van der Waals surface area contributed by atoms with Crippen molar-refractivity contribution in [2.45, 2.75) is 19.8 Å². The Labute approximate surface area is 97.5 Å². The number of hydrogen-bond donors (Lipinski definition) is 1. The van der Waals surface area contributed by atoms with Crippen LogP contribution in [0.25, 0.3) is 5.65 Å². The molecule has 5 nitrogen and oxygen atoms in total. The minimum Gasteiger partial charge on any atom is -0.382 e. The van der Waals surface area contributed by atoms with Gasteiger partial charge >= 0.3 is 0 Å². The molecule has 0 saturated heterocycles. The molecular weight excluding hydrogens is 226 g/mol. The molecule has 0 radical (unpaired) electrons. The van der Waals surface area contributed by atoms with Crippen molar-refractivity contribution in [2.75, 3.05) is 5.73 Å². The van der Waals surface area contributed by atoms with Gasteiger partial charge in [-0.1, -0.05) is 25.4 Å². The Morgan fingerprint density at radius 2 is 2.25 bits per heavy atom. The van der Waals surface area contributed by atoms with E-state index in [0.29, 0.717) is 16.2 Å². The standard InChI is InChI=1S/C10H10ClN5/c1-5(2)8-7(11)10-14-4-6(3-12)9(13)16(10)15-8/h4-5H,13H2,1-2H3. The fraction of sp³-hybridized carbons (Fsp3) is 0.300. The van der Waals surface area contributed by atoms with Crippen LogP contribution in [0.2, 0.25) is 5.02 Å². The molecule has 2 N–H and O–H groups in total. The number of nitrogen functional groups attached to an aromatic ring is 1. The van der Waals surface area contributed by atoms with Crippen LogP contribution in [-0.4, -0.2) is 14.6 Å². The molecule has 0 bridgehead atoms. The number of halogens is 1. The summed E-state index contributed by atoms with van der Waals surface area (Å²) in [7, 11) is 0. The lowest BCUT2D eigenvalue weighted by Gasteiger charge is -1.99. The third-order valence-corrected chi connectivity index (χ3v) is 2.68. The molecule has 0 saturated carbocycles. The molecule has 0 aliphatic rings. The largest absolute Gasteiger partial charge is 0.382 e. The third-order valence-electron chi connectivity index (χ3n) is 2.32. The quantitative estimate of drug-likeness (QED) is 0.819. The number of rotatable bonds is 1. The molecule has 82 valence electrons. The Bertz CT molecular complexity index is 593. The zero-order valence-electron chi connectivity index (χ0n) is 8.90. The summed E-state index contributed by atoms with van der Waals surface area (Å²) in [6.07, 6.45) is 1.41. The first-order chi connectivity index (χ1) is 7.56. The topological polar surface area (TPSA) is 80.0 Å². The van der Waals surface area contributed by atoms with Crippen molar-refractivity contribution in [3.05, 3.63) is 22.5 Å². The molecule has 16 heavy (non-hydrogen) atoms. The zero-order valence-corrected chi connectivity index (χ0v) is 9.65. The van der Waals surface area contributed by atoms with Gasteiger partial charge in [-0.3, -0.25) is 0 Å². The van der Waals surface area contributed by atoms with E-state index in [0.717, 1.165) is 5.69 Å². The predicted octanol–water partition coefficient (Wildman–Crippen LogP) is 1.96. The Morgan fingerprint density at radius 3 is 2.81 bits per heavy atom. The van der Waals surface area contributed by atoms with Crippen LogP contribution in [0.4, 0.5) is 5.82 Å². The highest BCUT2D eigenvalue weighted by molar-refractivity contribution is 6.34. The average Bonchev–Trinajstić information content (AvgIpc) is 2.58. The van der Waals surface area contributed by atoms with Gasteiger partial charge in [-0.25, -0.2) is 4.98 Å². The number of anilines is 1. The summed E-state index contributed by atoms with van der Waals surface area (Å²) >= 11 is 6.14. The lowest BCUT2D eigenvalue weighted by molar-refractivity contribution is 0.789. The van der Waals surface area contributed by atoms with Crippen LogP contribution in [0.3, 0.4) is 0 Å². The molecule has 6 heteroatoms. The fourth-order valence-corrected chi connectivity index (χ4v) is 1.83. The first-order valence-electron chi connectivity index (χ1n) is 4.79. The van der Waals surface area contributed by atoms with Crippen molar-refractivity contribution in [3.63, 3.8) is 0 Å². The summed E-state index contributed by atoms with van der Waals surface area (Å²) < 4.78 is 1.41. The van der Waals surface area contributed by atoms with Gasteiger partial charge in [0.2, 0.25) is 0 Å². The molecule has 0 unspecified atom stereocenters. The van der Waals surface area contributed by atoms with Gasteiger partial charge in [0.15, 0.2) is 5.65 Å². The van der Waals surface area contributed by atoms with E-state index in [1.165, 1.54) is 10.7 Å². The average molecular weight is 236 g/mol. The van der Waals surface area contributed by atoms with E-state index >= 15 is 0 Å². The van der Waals surface area contributed by atoms with E-state index in [9.17, 15) is 0 Å². The lowest BCUT2D eigenvalue weighted by atomic mass is 10.1. The monoisotopic (exact) mass is 235 g/mol. The molecule has 0 fully saturated rings. The van der Waals surface area contributed by atoms with E-state index in [1.54, 1.807) is 0 Å². The third kappa shape index (κ3) is 1.39. The van der Waals surface area contributed by atoms with E-state index in [4.69, 9.17) is 22.6 Å². The minimum absolute atomic E-state index is 0.180. The minimum atomic E-state index is 0.180. The van der Waals surface area contributed by atoms with E-state index < -0.39 is 0 Å². The Balaban J connectivity index is 2.82. The second-order valence-electron chi connectivity index (χ2n) is 3.76. The van der Waals surface area contributed by atoms with Gasteiger partial charge in [-0.15, -0.1) is 0 Å². The Morgan fingerprint density at radius 1 is 1.56 bits per heavy atom.